The number of imidazole rings is 1. The lowest BCUT2D eigenvalue weighted by Crippen LogP contribution is -2.39. The van der Waals surface area contributed by atoms with Crippen LogP contribution in [0.4, 0.5) is 10.6 Å². The molecule has 11 heteroatoms. The summed E-state index contributed by atoms with van der Waals surface area (Å²) in [5.74, 6) is 6.04. The highest BCUT2D eigenvalue weighted by atomic mass is 16.5. The van der Waals surface area contributed by atoms with Crippen molar-refractivity contribution in [3.8, 4) is 11.3 Å². The molecule has 2 aromatic heterocycles. The Bertz CT molecular complexity index is 1300. The number of aromatic nitrogens is 3. The summed E-state index contributed by atoms with van der Waals surface area (Å²) in [6.45, 7) is 4.19. The second-order valence-electron chi connectivity index (χ2n) is 8.68. The molecule has 1 aromatic carbocycles. The van der Waals surface area contributed by atoms with Crippen LogP contribution in [0.2, 0.25) is 0 Å². The molecule has 3 aromatic rings. The number of pyridine rings is 1. The van der Waals surface area contributed by atoms with Gasteiger partial charge in [-0.3, -0.25) is 9.69 Å². The van der Waals surface area contributed by atoms with E-state index in [-0.39, 0.29) is 29.7 Å². The van der Waals surface area contributed by atoms with E-state index in [0.29, 0.717) is 29.9 Å². The fourth-order valence-electron chi connectivity index (χ4n) is 4.44. The van der Waals surface area contributed by atoms with Gasteiger partial charge in [0.15, 0.2) is 11.5 Å². The highest BCUT2D eigenvalue weighted by molar-refractivity contribution is 6.04. The second kappa shape index (κ2) is 11.1. The first-order valence-electron chi connectivity index (χ1n) is 12.2. The van der Waals surface area contributed by atoms with Gasteiger partial charge < -0.3 is 21.0 Å². The topological polar surface area (TPSA) is 153 Å². The van der Waals surface area contributed by atoms with Crippen molar-refractivity contribution in [1.82, 2.24) is 19.5 Å². The molecule has 3 heterocycles. The number of likely N-dealkylation sites (tertiary alicyclic amines) is 1. The van der Waals surface area contributed by atoms with Crippen molar-refractivity contribution >= 4 is 23.8 Å². The summed E-state index contributed by atoms with van der Waals surface area (Å²) in [5, 5.41) is 12.5. The lowest BCUT2D eigenvalue weighted by molar-refractivity contribution is 0.0516. The van der Waals surface area contributed by atoms with E-state index in [1.54, 1.807) is 37.4 Å². The number of amides is 2. The molecule has 0 radical (unpaired) electrons. The van der Waals surface area contributed by atoms with E-state index in [1.165, 1.54) is 4.90 Å². The van der Waals surface area contributed by atoms with Crippen molar-refractivity contribution in [3.05, 3.63) is 65.2 Å². The van der Waals surface area contributed by atoms with Crippen molar-refractivity contribution in [3.63, 3.8) is 0 Å². The largest absolute Gasteiger partial charge is 0.465 e. The van der Waals surface area contributed by atoms with Crippen LogP contribution in [0.3, 0.4) is 0 Å². The van der Waals surface area contributed by atoms with Crippen LogP contribution in [0.5, 0.6) is 0 Å². The number of esters is 1. The highest BCUT2D eigenvalue weighted by Crippen LogP contribution is 2.34. The molecule has 0 bridgehead atoms. The van der Waals surface area contributed by atoms with Crippen LogP contribution >= 0.6 is 0 Å². The zero-order valence-corrected chi connectivity index (χ0v) is 20.8. The number of carboxylic acid groups (broad SMARTS) is 1. The number of carbonyl (C=O) groups is 3. The third-order valence-corrected chi connectivity index (χ3v) is 6.35. The molecule has 4 N–H and O–H groups in total. The maximum absolute atomic E-state index is 12.8. The Kier molecular flexibility index (Phi) is 7.71. The molecule has 194 valence electrons. The molecule has 1 saturated heterocycles. The molecule has 0 aliphatic carbocycles. The smallest absolute Gasteiger partial charge is 0.407 e. The van der Waals surface area contributed by atoms with E-state index in [1.807, 2.05) is 19.1 Å². The highest BCUT2D eigenvalue weighted by Gasteiger charge is 2.34. The number of nitrogens with one attached hydrogen (secondary N) is 1. The number of ether oxygens (including phenoxy) is 1. The van der Waals surface area contributed by atoms with Crippen LogP contribution < -0.4 is 11.2 Å². The first-order valence-corrected chi connectivity index (χ1v) is 12.2. The predicted octanol–water partition coefficient (Wildman–Crippen LogP) is 3.86. The van der Waals surface area contributed by atoms with Crippen LogP contribution in [0.1, 0.15) is 71.4 Å². The fraction of sp³-hybridized carbons (Fsp3) is 0.346. The van der Waals surface area contributed by atoms with Crippen LogP contribution in [-0.4, -0.2) is 55.8 Å². The van der Waals surface area contributed by atoms with Gasteiger partial charge in [-0.25, -0.2) is 24.2 Å². The molecule has 1 fully saturated rings. The third kappa shape index (κ3) is 5.40. The zero-order valence-electron chi connectivity index (χ0n) is 20.8. The molecule has 4 rings (SSSR count). The van der Waals surface area contributed by atoms with Gasteiger partial charge in [-0.05, 0) is 62.4 Å². The molecule has 1 aliphatic rings. The lowest BCUT2D eigenvalue weighted by Gasteiger charge is -2.32. The minimum absolute atomic E-state index is 0.0190. The summed E-state index contributed by atoms with van der Waals surface area (Å²) in [6, 6.07) is 9.67. The maximum atomic E-state index is 12.8. The number of hydrogen-bond acceptors (Lipinski definition) is 7. The van der Waals surface area contributed by atoms with Crippen molar-refractivity contribution in [2.45, 2.75) is 45.6 Å². The van der Waals surface area contributed by atoms with E-state index < -0.39 is 18.1 Å². The van der Waals surface area contributed by atoms with Gasteiger partial charge in [0.05, 0.1) is 12.6 Å². The first kappa shape index (κ1) is 25.7. The van der Waals surface area contributed by atoms with Crippen LogP contribution in [-0.2, 0) is 11.2 Å². The number of carbonyl (C=O) groups excluding carboxylic acids is 2. The molecule has 11 nitrogen and oxygen atoms in total. The van der Waals surface area contributed by atoms with Gasteiger partial charge in [-0.2, -0.15) is 0 Å². The summed E-state index contributed by atoms with van der Waals surface area (Å²) in [4.78, 5) is 47.5. The quantitative estimate of drug-likeness (QED) is 0.323. The van der Waals surface area contributed by atoms with Crippen molar-refractivity contribution in [1.29, 1.82) is 0 Å². The number of piperidine rings is 1. The molecule has 0 spiro atoms. The number of nitrogens with two attached hydrogens (primary N) is 1. The molecule has 1 atom stereocenters. The van der Waals surface area contributed by atoms with Crippen molar-refractivity contribution < 1.29 is 24.2 Å². The van der Waals surface area contributed by atoms with Crippen LogP contribution in [0, 0.1) is 0 Å². The van der Waals surface area contributed by atoms with Gasteiger partial charge in [-0.1, -0.05) is 19.1 Å². The number of rotatable bonds is 7. The SMILES string of the molecule is CCOC(=O)c1c(-c2ccc(C(=O)Nc3cc(CC)ccn3)cc2)nc([C@@H]2CCCCN2C(=O)O)n1N. The molecule has 37 heavy (non-hydrogen) atoms. The Balaban J connectivity index is 1.66. The summed E-state index contributed by atoms with van der Waals surface area (Å²) < 4.78 is 6.34. The Labute approximate surface area is 214 Å². The third-order valence-electron chi connectivity index (χ3n) is 6.35. The van der Waals surface area contributed by atoms with E-state index in [9.17, 15) is 19.5 Å². The number of nitrogen functional groups attached to an aromatic ring is 1. The van der Waals surface area contributed by atoms with Gasteiger partial charge in [0.1, 0.15) is 11.5 Å². The average molecular weight is 507 g/mol. The summed E-state index contributed by atoms with van der Waals surface area (Å²) in [7, 11) is 0. The monoisotopic (exact) mass is 506 g/mol. The minimum atomic E-state index is -1.07. The Morgan fingerprint density at radius 2 is 1.92 bits per heavy atom. The Morgan fingerprint density at radius 3 is 2.59 bits per heavy atom. The molecular formula is C26H30N6O5. The Hall–Kier alpha value is -4.41. The molecule has 0 unspecified atom stereocenters. The molecule has 1 aliphatic heterocycles. The van der Waals surface area contributed by atoms with E-state index in [4.69, 9.17) is 10.6 Å². The molecule has 2 amide bonds. The summed E-state index contributed by atoms with van der Waals surface area (Å²) >= 11 is 0. The minimum Gasteiger partial charge on any atom is -0.465 e. The van der Waals surface area contributed by atoms with Crippen LogP contribution in [0.15, 0.2) is 42.6 Å². The van der Waals surface area contributed by atoms with Gasteiger partial charge in [0.2, 0.25) is 0 Å². The van der Waals surface area contributed by atoms with Gasteiger partial charge >= 0.3 is 12.1 Å². The van der Waals surface area contributed by atoms with Crippen LogP contribution in [0.25, 0.3) is 11.3 Å². The Morgan fingerprint density at radius 1 is 1.16 bits per heavy atom. The van der Waals surface area contributed by atoms with Gasteiger partial charge in [-0.15, -0.1) is 0 Å². The first-order chi connectivity index (χ1) is 17.8. The number of hydrogen-bond donors (Lipinski definition) is 3. The second-order valence-corrected chi connectivity index (χ2v) is 8.68. The number of aryl methyl sites for hydroxylation is 1. The van der Waals surface area contributed by atoms with Gasteiger partial charge in [0.25, 0.3) is 5.91 Å². The molecular weight excluding hydrogens is 476 g/mol. The van der Waals surface area contributed by atoms with Crippen molar-refractivity contribution in [2.24, 2.45) is 0 Å². The number of anilines is 1. The number of benzene rings is 1. The normalized spacial score (nSPS) is 15.3. The zero-order chi connectivity index (χ0) is 26.5. The summed E-state index contributed by atoms with van der Waals surface area (Å²) in [6.07, 6.45) is 3.49. The van der Waals surface area contributed by atoms with Gasteiger partial charge in [0, 0.05) is 23.9 Å². The predicted molar refractivity (Wildman–Crippen MR) is 137 cm³/mol. The standard InChI is InChI=1S/C26H30N6O5/c1-3-16-12-13-28-20(15-16)29-24(33)18-10-8-17(9-11-18)21-22(25(34)37-4-2)32(27)23(30-21)19-7-5-6-14-31(19)26(35)36/h8-13,15,19H,3-7,14,27H2,1-2H3,(H,35,36)(H,28,29,33)/t19-/m0/s1. The number of nitrogens with zero attached hydrogens (tertiary/aromatic N) is 4. The average Bonchev–Trinajstić information content (AvgIpc) is 3.25. The fourth-order valence-corrected chi connectivity index (χ4v) is 4.44. The van der Waals surface area contributed by atoms with E-state index in [0.717, 1.165) is 29.5 Å². The lowest BCUT2D eigenvalue weighted by atomic mass is 10.0. The molecule has 0 saturated carbocycles. The maximum Gasteiger partial charge on any atom is 0.407 e. The van der Waals surface area contributed by atoms with E-state index >= 15 is 0 Å². The van der Waals surface area contributed by atoms with Crippen molar-refractivity contribution in [2.75, 3.05) is 24.3 Å². The van der Waals surface area contributed by atoms with E-state index in [2.05, 4.69) is 15.3 Å². The summed E-state index contributed by atoms with van der Waals surface area (Å²) in [5.41, 5.74) is 2.26.